The summed E-state index contributed by atoms with van der Waals surface area (Å²) in [5.41, 5.74) is 0.437. The van der Waals surface area contributed by atoms with E-state index in [1.165, 1.54) is 0 Å². The maximum atomic E-state index is 10.8. The summed E-state index contributed by atoms with van der Waals surface area (Å²) in [5, 5.41) is 15.1. The molecule has 1 aromatic heterocycles. The van der Waals surface area contributed by atoms with E-state index in [2.05, 4.69) is 5.32 Å². The molecule has 14 heavy (non-hydrogen) atoms. The molecule has 4 heteroatoms. The molecule has 1 rings (SSSR count). The third-order valence-corrected chi connectivity index (χ3v) is 3.11. The molecular weight excluding hydrogens is 198 g/mol. The van der Waals surface area contributed by atoms with E-state index in [1.54, 1.807) is 25.2 Å². The lowest BCUT2D eigenvalue weighted by atomic mass is 9.94. The Labute approximate surface area is 87.8 Å². The van der Waals surface area contributed by atoms with Crippen LogP contribution in [0, 0.1) is 12.3 Å². The van der Waals surface area contributed by atoms with Crippen LogP contribution in [0.15, 0.2) is 11.4 Å². The summed E-state index contributed by atoms with van der Waals surface area (Å²) in [7, 11) is 0. The largest absolute Gasteiger partial charge is 0.481 e. The molecule has 0 spiro atoms. The Hall–Kier alpha value is -1.03. The van der Waals surface area contributed by atoms with Crippen molar-refractivity contribution in [2.75, 3.05) is 11.9 Å². The molecule has 0 radical (unpaired) electrons. The summed E-state index contributed by atoms with van der Waals surface area (Å²) in [5.74, 6) is -0.779. The van der Waals surface area contributed by atoms with E-state index in [-0.39, 0.29) is 0 Å². The van der Waals surface area contributed by atoms with Crippen LogP contribution in [0.5, 0.6) is 0 Å². The van der Waals surface area contributed by atoms with Gasteiger partial charge in [-0.25, -0.2) is 0 Å². The topological polar surface area (TPSA) is 49.3 Å². The zero-order chi connectivity index (χ0) is 10.8. The van der Waals surface area contributed by atoms with Gasteiger partial charge in [0.15, 0.2) is 0 Å². The number of rotatable bonds is 4. The van der Waals surface area contributed by atoms with Crippen LogP contribution in [-0.2, 0) is 4.79 Å². The van der Waals surface area contributed by atoms with E-state index in [9.17, 15) is 4.79 Å². The monoisotopic (exact) mass is 213 g/mol. The molecule has 0 saturated carbocycles. The molecule has 0 bridgehead atoms. The molecule has 0 aliphatic rings. The highest BCUT2D eigenvalue weighted by Gasteiger charge is 2.26. The maximum absolute atomic E-state index is 10.8. The Bertz CT molecular complexity index is 331. The molecule has 0 saturated heterocycles. The van der Waals surface area contributed by atoms with E-state index >= 15 is 0 Å². The highest BCUT2D eigenvalue weighted by Crippen LogP contribution is 2.24. The predicted octanol–water partition coefficient (Wildman–Crippen LogP) is 2.58. The van der Waals surface area contributed by atoms with Gasteiger partial charge in [0.25, 0.3) is 0 Å². The first kappa shape index (κ1) is 11.0. The van der Waals surface area contributed by atoms with Crippen molar-refractivity contribution < 1.29 is 9.90 Å². The van der Waals surface area contributed by atoms with Gasteiger partial charge in [-0.15, -0.1) is 11.3 Å². The Balaban J connectivity index is 2.57. The number of aliphatic carboxylic acids is 1. The van der Waals surface area contributed by atoms with Gasteiger partial charge >= 0.3 is 5.97 Å². The molecule has 1 aromatic rings. The number of nitrogens with one attached hydrogen (secondary N) is 1. The number of hydrogen-bond donors (Lipinski definition) is 2. The van der Waals surface area contributed by atoms with Crippen molar-refractivity contribution in [2.24, 2.45) is 5.41 Å². The number of aryl methyl sites for hydroxylation is 1. The van der Waals surface area contributed by atoms with Gasteiger partial charge in [0.2, 0.25) is 0 Å². The lowest BCUT2D eigenvalue weighted by Crippen LogP contribution is -2.31. The zero-order valence-electron chi connectivity index (χ0n) is 8.63. The first-order valence-electron chi connectivity index (χ1n) is 4.45. The minimum Gasteiger partial charge on any atom is -0.481 e. The lowest BCUT2D eigenvalue weighted by Gasteiger charge is -2.19. The van der Waals surface area contributed by atoms with Crippen molar-refractivity contribution in [1.82, 2.24) is 0 Å². The summed E-state index contributed by atoms with van der Waals surface area (Å²) in [6.45, 7) is 5.88. The van der Waals surface area contributed by atoms with E-state index in [1.807, 2.05) is 18.4 Å². The van der Waals surface area contributed by atoms with E-state index in [0.29, 0.717) is 6.54 Å². The lowest BCUT2D eigenvalue weighted by molar-refractivity contribution is -0.146. The van der Waals surface area contributed by atoms with Crippen molar-refractivity contribution in [3.63, 3.8) is 0 Å². The Morgan fingerprint density at radius 3 is 2.71 bits per heavy atom. The van der Waals surface area contributed by atoms with E-state index in [0.717, 1.165) is 10.6 Å². The second-order valence-electron chi connectivity index (χ2n) is 3.98. The highest BCUT2D eigenvalue weighted by atomic mass is 32.1. The minimum absolute atomic E-state index is 0.448. The summed E-state index contributed by atoms with van der Waals surface area (Å²) < 4.78 is 0. The van der Waals surface area contributed by atoms with Gasteiger partial charge in [0.1, 0.15) is 0 Å². The molecule has 0 aliphatic heterocycles. The summed E-state index contributed by atoms with van der Waals surface area (Å²) >= 11 is 1.60. The molecule has 1 heterocycles. The fourth-order valence-electron chi connectivity index (χ4n) is 0.931. The SMILES string of the molecule is Cc1ccsc1NCC(C)(C)C(=O)O. The molecule has 0 unspecified atom stereocenters. The Morgan fingerprint density at radius 1 is 1.64 bits per heavy atom. The first-order valence-corrected chi connectivity index (χ1v) is 5.33. The van der Waals surface area contributed by atoms with Gasteiger partial charge < -0.3 is 10.4 Å². The van der Waals surface area contributed by atoms with Gasteiger partial charge in [-0.1, -0.05) is 0 Å². The number of anilines is 1. The standard InChI is InChI=1S/C10H15NO2S/c1-7-4-5-14-8(7)11-6-10(2,3)9(12)13/h4-5,11H,6H2,1-3H3,(H,12,13). The molecular formula is C10H15NO2S. The molecule has 2 N–H and O–H groups in total. The Kier molecular flexibility index (Phi) is 3.16. The van der Waals surface area contributed by atoms with Crippen molar-refractivity contribution in [3.8, 4) is 0 Å². The van der Waals surface area contributed by atoms with E-state index in [4.69, 9.17) is 5.11 Å². The predicted molar refractivity (Wildman–Crippen MR) is 59.0 cm³/mol. The number of carboxylic acid groups (broad SMARTS) is 1. The number of thiophene rings is 1. The molecule has 0 amide bonds. The molecule has 3 nitrogen and oxygen atoms in total. The van der Waals surface area contributed by atoms with Gasteiger partial charge in [-0.3, -0.25) is 4.79 Å². The fraction of sp³-hybridized carbons (Fsp3) is 0.500. The summed E-state index contributed by atoms with van der Waals surface area (Å²) in [6.07, 6.45) is 0. The normalized spacial score (nSPS) is 11.4. The van der Waals surface area contributed by atoms with Crippen LogP contribution in [0.4, 0.5) is 5.00 Å². The van der Waals surface area contributed by atoms with Gasteiger partial charge in [0.05, 0.1) is 10.4 Å². The van der Waals surface area contributed by atoms with Crippen molar-refractivity contribution >= 4 is 22.3 Å². The third-order valence-electron chi connectivity index (χ3n) is 2.13. The zero-order valence-corrected chi connectivity index (χ0v) is 9.44. The molecule has 0 aromatic carbocycles. The van der Waals surface area contributed by atoms with Crippen LogP contribution in [-0.4, -0.2) is 17.6 Å². The number of carboxylic acids is 1. The highest BCUT2D eigenvalue weighted by molar-refractivity contribution is 7.14. The van der Waals surface area contributed by atoms with E-state index < -0.39 is 11.4 Å². The van der Waals surface area contributed by atoms with Gasteiger partial charge in [-0.05, 0) is 37.8 Å². The molecule has 0 atom stereocenters. The first-order chi connectivity index (χ1) is 6.43. The van der Waals surface area contributed by atoms with Gasteiger partial charge in [-0.2, -0.15) is 0 Å². The average molecular weight is 213 g/mol. The molecule has 0 fully saturated rings. The smallest absolute Gasteiger partial charge is 0.310 e. The number of hydrogen-bond acceptors (Lipinski definition) is 3. The summed E-state index contributed by atoms with van der Waals surface area (Å²) in [4.78, 5) is 10.8. The average Bonchev–Trinajstić information content (AvgIpc) is 2.47. The maximum Gasteiger partial charge on any atom is 0.310 e. The third kappa shape index (κ3) is 2.48. The van der Waals surface area contributed by atoms with Crippen LogP contribution < -0.4 is 5.32 Å². The Morgan fingerprint density at radius 2 is 2.29 bits per heavy atom. The van der Waals surface area contributed by atoms with Crippen LogP contribution in [0.1, 0.15) is 19.4 Å². The molecule has 0 aliphatic carbocycles. The van der Waals surface area contributed by atoms with Crippen molar-refractivity contribution in [3.05, 3.63) is 17.0 Å². The minimum atomic E-state index is -0.779. The molecule has 78 valence electrons. The summed E-state index contributed by atoms with van der Waals surface area (Å²) in [6, 6.07) is 2.01. The second kappa shape index (κ2) is 4.00. The van der Waals surface area contributed by atoms with Crippen molar-refractivity contribution in [1.29, 1.82) is 0 Å². The van der Waals surface area contributed by atoms with Crippen LogP contribution in [0.25, 0.3) is 0 Å². The van der Waals surface area contributed by atoms with Crippen LogP contribution in [0.2, 0.25) is 0 Å². The number of carbonyl (C=O) groups is 1. The van der Waals surface area contributed by atoms with Crippen molar-refractivity contribution in [2.45, 2.75) is 20.8 Å². The quantitative estimate of drug-likeness (QED) is 0.808. The fourth-order valence-corrected chi connectivity index (χ4v) is 1.75. The van der Waals surface area contributed by atoms with Crippen LogP contribution >= 0.6 is 11.3 Å². The van der Waals surface area contributed by atoms with Gasteiger partial charge in [0, 0.05) is 6.54 Å². The van der Waals surface area contributed by atoms with Crippen LogP contribution in [0.3, 0.4) is 0 Å². The second-order valence-corrected chi connectivity index (χ2v) is 4.89.